The van der Waals surface area contributed by atoms with E-state index < -0.39 is 0 Å². The SMILES string of the molecule is N[C@]1(CCc2ccccc2)C[C@H]1c1ccc(CC(=O)c2cccc(N3CCOC3=O)c2)cc1. The largest absolute Gasteiger partial charge is 0.447 e. The Kier molecular flexibility index (Phi) is 5.73. The van der Waals surface area contributed by atoms with Crippen LogP contribution in [0.4, 0.5) is 10.5 Å². The average molecular weight is 441 g/mol. The Morgan fingerprint density at radius 3 is 2.52 bits per heavy atom. The number of carbonyl (C=O) groups excluding carboxylic acids is 2. The highest BCUT2D eigenvalue weighted by Gasteiger charge is 2.50. The van der Waals surface area contributed by atoms with Crippen molar-refractivity contribution in [1.82, 2.24) is 0 Å². The molecule has 1 heterocycles. The van der Waals surface area contributed by atoms with Gasteiger partial charge in [-0.25, -0.2) is 4.79 Å². The molecular formula is C28H28N2O3. The van der Waals surface area contributed by atoms with Gasteiger partial charge in [0, 0.05) is 29.1 Å². The number of ketones is 1. The first-order valence-electron chi connectivity index (χ1n) is 11.5. The highest BCUT2D eigenvalue weighted by atomic mass is 16.6. The van der Waals surface area contributed by atoms with Crippen molar-refractivity contribution < 1.29 is 14.3 Å². The summed E-state index contributed by atoms with van der Waals surface area (Å²) >= 11 is 0. The molecule has 3 aromatic rings. The second kappa shape index (κ2) is 8.83. The number of benzene rings is 3. The Hall–Kier alpha value is -3.44. The maximum Gasteiger partial charge on any atom is 0.414 e. The molecular weight excluding hydrogens is 412 g/mol. The minimum Gasteiger partial charge on any atom is -0.447 e. The summed E-state index contributed by atoms with van der Waals surface area (Å²) in [6.45, 7) is 0.883. The monoisotopic (exact) mass is 440 g/mol. The topological polar surface area (TPSA) is 72.6 Å². The van der Waals surface area contributed by atoms with Crippen molar-refractivity contribution in [3.05, 3.63) is 101 Å². The Morgan fingerprint density at radius 2 is 1.79 bits per heavy atom. The molecule has 2 N–H and O–H groups in total. The molecule has 2 aliphatic rings. The van der Waals surface area contributed by atoms with Gasteiger partial charge in [0.25, 0.3) is 0 Å². The number of nitrogens with two attached hydrogens (primary N) is 1. The predicted octanol–water partition coefficient (Wildman–Crippen LogP) is 4.89. The lowest BCUT2D eigenvalue weighted by molar-refractivity contribution is 0.0993. The predicted molar refractivity (Wildman–Crippen MR) is 129 cm³/mol. The number of Topliss-reactive ketones (excluding diaryl/α,β-unsaturated/α-hetero) is 1. The summed E-state index contributed by atoms with van der Waals surface area (Å²) in [5.41, 5.74) is 11.4. The second-order valence-corrected chi connectivity index (χ2v) is 9.13. The van der Waals surface area contributed by atoms with Crippen LogP contribution in [0, 0.1) is 0 Å². The summed E-state index contributed by atoms with van der Waals surface area (Å²) < 4.78 is 5.00. The highest BCUT2D eigenvalue weighted by Crippen LogP contribution is 2.52. The maximum atomic E-state index is 12.9. The van der Waals surface area contributed by atoms with Crippen molar-refractivity contribution in [2.75, 3.05) is 18.1 Å². The summed E-state index contributed by atoms with van der Waals surface area (Å²) in [6.07, 6.45) is 2.93. The lowest BCUT2D eigenvalue weighted by atomic mass is 9.97. The normalized spacial score (nSPS) is 21.7. The van der Waals surface area contributed by atoms with Crippen molar-refractivity contribution >= 4 is 17.6 Å². The van der Waals surface area contributed by atoms with Crippen LogP contribution in [-0.4, -0.2) is 30.6 Å². The van der Waals surface area contributed by atoms with Crippen molar-refractivity contribution in [3.63, 3.8) is 0 Å². The number of hydrogen-bond donors (Lipinski definition) is 1. The molecule has 3 aromatic carbocycles. The summed E-state index contributed by atoms with van der Waals surface area (Å²) in [6, 6.07) is 26.0. The van der Waals surface area contributed by atoms with Gasteiger partial charge < -0.3 is 10.5 Å². The van der Waals surface area contributed by atoms with E-state index >= 15 is 0 Å². The number of rotatable bonds is 8. The van der Waals surface area contributed by atoms with E-state index in [-0.39, 0.29) is 17.4 Å². The van der Waals surface area contributed by atoms with Gasteiger partial charge in [-0.2, -0.15) is 0 Å². The summed E-state index contributed by atoms with van der Waals surface area (Å²) in [5.74, 6) is 0.405. The number of hydrogen-bond acceptors (Lipinski definition) is 4. The van der Waals surface area contributed by atoms with Gasteiger partial charge in [0.1, 0.15) is 6.61 Å². The van der Waals surface area contributed by atoms with Gasteiger partial charge in [-0.05, 0) is 48.1 Å². The van der Waals surface area contributed by atoms with Gasteiger partial charge in [0.05, 0.1) is 6.54 Å². The minimum absolute atomic E-state index is 0.0274. The van der Waals surface area contributed by atoms with Crippen LogP contribution in [0.1, 0.15) is 45.8 Å². The Balaban J connectivity index is 1.19. The molecule has 5 rings (SSSR count). The summed E-state index contributed by atoms with van der Waals surface area (Å²) in [5, 5.41) is 0. The fourth-order valence-corrected chi connectivity index (χ4v) is 4.70. The molecule has 0 bridgehead atoms. The molecule has 168 valence electrons. The first-order valence-corrected chi connectivity index (χ1v) is 11.5. The van der Waals surface area contributed by atoms with Gasteiger partial charge in [-0.15, -0.1) is 0 Å². The van der Waals surface area contributed by atoms with Gasteiger partial charge in [0.2, 0.25) is 0 Å². The Labute approximate surface area is 194 Å². The quantitative estimate of drug-likeness (QED) is 0.507. The Bertz CT molecular complexity index is 1160. The van der Waals surface area contributed by atoms with E-state index in [9.17, 15) is 9.59 Å². The molecule has 5 nitrogen and oxygen atoms in total. The molecule has 1 saturated heterocycles. The van der Waals surface area contributed by atoms with Crippen molar-refractivity contribution in [2.24, 2.45) is 5.73 Å². The second-order valence-electron chi connectivity index (χ2n) is 9.13. The molecule has 2 atom stereocenters. The number of carbonyl (C=O) groups is 2. The van der Waals surface area contributed by atoms with Gasteiger partial charge in [0.15, 0.2) is 5.78 Å². The fourth-order valence-electron chi connectivity index (χ4n) is 4.70. The van der Waals surface area contributed by atoms with Crippen LogP contribution in [0.3, 0.4) is 0 Å². The first-order chi connectivity index (χ1) is 16.0. The Morgan fingerprint density at radius 1 is 1.00 bits per heavy atom. The van der Waals surface area contributed by atoms with E-state index in [1.807, 2.05) is 24.3 Å². The average Bonchev–Trinajstić information content (AvgIpc) is 3.33. The maximum absolute atomic E-state index is 12.9. The van der Waals surface area contributed by atoms with Gasteiger partial charge >= 0.3 is 6.09 Å². The van der Waals surface area contributed by atoms with Crippen LogP contribution in [0.2, 0.25) is 0 Å². The van der Waals surface area contributed by atoms with Crippen LogP contribution in [-0.2, 0) is 17.6 Å². The molecule has 5 heteroatoms. The van der Waals surface area contributed by atoms with Crippen LogP contribution >= 0.6 is 0 Å². The zero-order valence-corrected chi connectivity index (χ0v) is 18.6. The van der Waals surface area contributed by atoms with Gasteiger partial charge in [-0.3, -0.25) is 9.69 Å². The lowest BCUT2D eigenvalue weighted by Crippen LogP contribution is -2.25. The van der Waals surface area contributed by atoms with E-state index in [1.165, 1.54) is 11.1 Å². The van der Waals surface area contributed by atoms with Crippen molar-refractivity contribution in [2.45, 2.75) is 37.1 Å². The van der Waals surface area contributed by atoms with Gasteiger partial charge in [-0.1, -0.05) is 66.7 Å². The number of nitrogens with zero attached hydrogens (tertiary/aromatic N) is 1. The number of amides is 1. The number of anilines is 1. The van der Waals surface area contributed by atoms with E-state index in [2.05, 4.69) is 36.4 Å². The molecule has 0 aromatic heterocycles. The lowest BCUT2D eigenvalue weighted by Gasteiger charge is -2.14. The third kappa shape index (κ3) is 4.69. The third-order valence-corrected chi connectivity index (χ3v) is 6.83. The molecule has 0 unspecified atom stereocenters. The summed E-state index contributed by atoms with van der Waals surface area (Å²) in [4.78, 5) is 26.2. The molecule has 1 aliphatic heterocycles. The molecule has 0 spiro atoms. The first kappa shape index (κ1) is 21.4. The molecule has 1 amide bonds. The summed E-state index contributed by atoms with van der Waals surface area (Å²) in [7, 11) is 0. The van der Waals surface area contributed by atoms with E-state index in [1.54, 1.807) is 23.1 Å². The standard InChI is InChI=1S/C28H28N2O3/c29-28(14-13-20-5-2-1-3-6-20)19-25(28)22-11-9-21(10-12-22)17-26(31)23-7-4-8-24(18-23)30-15-16-33-27(30)32/h1-12,18,25H,13-17,19,29H2/t25-,28+/m0/s1. The zero-order valence-electron chi connectivity index (χ0n) is 18.6. The van der Waals surface area contributed by atoms with Crippen molar-refractivity contribution in [3.8, 4) is 0 Å². The highest BCUT2D eigenvalue weighted by molar-refractivity contribution is 5.99. The number of cyclic esters (lactones) is 1. The van der Waals surface area contributed by atoms with Crippen LogP contribution in [0.25, 0.3) is 0 Å². The number of aryl methyl sites for hydroxylation is 1. The number of ether oxygens (including phenoxy) is 1. The van der Waals surface area contributed by atoms with Crippen LogP contribution in [0.15, 0.2) is 78.9 Å². The minimum atomic E-state index is -0.366. The molecule has 1 saturated carbocycles. The third-order valence-electron chi connectivity index (χ3n) is 6.83. The molecule has 33 heavy (non-hydrogen) atoms. The van der Waals surface area contributed by atoms with Crippen LogP contribution < -0.4 is 10.6 Å². The zero-order chi connectivity index (χ0) is 22.8. The van der Waals surface area contributed by atoms with Crippen molar-refractivity contribution in [1.29, 1.82) is 0 Å². The van der Waals surface area contributed by atoms with E-state index in [4.69, 9.17) is 10.5 Å². The fraction of sp³-hybridized carbons (Fsp3) is 0.286. The van der Waals surface area contributed by atoms with E-state index in [0.29, 0.717) is 36.7 Å². The molecule has 1 aliphatic carbocycles. The molecule has 2 fully saturated rings. The molecule has 0 radical (unpaired) electrons. The smallest absolute Gasteiger partial charge is 0.414 e. The van der Waals surface area contributed by atoms with E-state index in [0.717, 1.165) is 24.8 Å². The van der Waals surface area contributed by atoms with Crippen LogP contribution in [0.5, 0.6) is 0 Å².